The van der Waals surface area contributed by atoms with E-state index >= 15 is 0 Å². The number of carboxylic acids is 1. The highest BCUT2D eigenvalue weighted by atomic mass is 16.4. The Morgan fingerprint density at radius 3 is 2.33 bits per heavy atom. The molecule has 0 heterocycles. The number of carbonyl (C=O) groups is 2. The molecule has 3 atom stereocenters. The number of hydrogen-bond acceptors (Lipinski definition) is 2. The standard InChI is InChI=1S/C16H28N2O3/c1-11-7-8-13(9-12(11)2)17-16(21)18(10-15(19)20)14-5-3-4-6-14/h11-14H,3-10H2,1-2H3,(H,17,21)(H,19,20). The number of hydrogen-bond donors (Lipinski definition) is 2. The second kappa shape index (κ2) is 7.14. The van der Waals surface area contributed by atoms with Gasteiger partial charge in [-0.2, -0.15) is 0 Å². The van der Waals surface area contributed by atoms with Gasteiger partial charge in [0.2, 0.25) is 0 Å². The molecule has 5 nitrogen and oxygen atoms in total. The highest BCUT2D eigenvalue weighted by molar-refractivity contribution is 5.80. The van der Waals surface area contributed by atoms with Gasteiger partial charge in [0.15, 0.2) is 0 Å². The molecular formula is C16H28N2O3. The third-order valence-corrected chi connectivity index (χ3v) is 5.26. The number of amides is 2. The van der Waals surface area contributed by atoms with Crippen LogP contribution >= 0.6 is 0 Å². The van der Waals surface area contributed by atoms with Crippen LogP contribution in [0.5, 0.6) is 0 Å². The molecule has 2 aliphatic carbocycles. The van der Waals surface area contributed by atoms with Gasteiger partial charge in [0.1, 0.15) is 6.54 Å². The second-order valence-corrected chi connectivity index (χ2v) is 6.87. The van der Waals surface area contributed by atoms with Crippen molar-refractivity contribution >= 4 is 12.0 Å². The van der Waals surface area contributed by atoms with Crippen molar-refractivity contribution in [1.29, 1.82) is 0 Å². The van der Waals surface area contributed by atoms with E-state index in [1.165, 1.54) is 4.90 Å². The van der Waals surface area contributed by atoms with Crippen LogP contribution in [0.2, 0.25) is 0 Å². The van der Waals surface area contributed by atoms with E-state index in [1.54, 1.807) is 0 Å². The molecule has 2 saturated carbocycles. The predicted octanol–water partition coefficient (Wildman–Crippen LogP) is 2.85. The first-order chi connectivity index (χ1) is 9.97. The lowest BCUT2D eigenvalue weighted by atomic mass is 9.79. The zero-order valence-electron chi connectivity index (χ0n) is 13.2. The molecule has 2 aliphatic rings. The largest absolute Gasteiger partial charge is 0.480 e. The third-order valence-electron chi connectivity index (χ3n) is 5.26. The summed E-state index contributed by atoms with van der Waals surface area (Å²) in [5.41, 5.74) is 0. The fourth-order valence-corrected chi connectivity index (χ4v) is 3.66. The summed E-state index contributed by atoms with van der Waals surface area (Å²) in [6.07, 6.45) is 7.17. The lowest BCUT2D eigenvalue weighted by Gasteiger charge is -2.35. The highest BCUT2D eigenvalue weighted by Crippen LogP contribution is 2.30. The van der Waals surface area contributed by atoms with Crippen LogP contribution in [0.4, 0.5) is 4.79 Å². The fourth-order valence-electron chi connectivity index (χ4n) is 3.66. The molecule has 3 unspecified atom stereocenters. The van der Waals surface area contributed by atoms with Crippen LogP contribution in [-0.4, -0.2) is 40.6 Å². The summed E-state index contributed by atoms with van der Waals surface area (Å²) in [5, 5.41) is 12.1. The van der Waals surface area contributed by atoms with Crippen molar-refractivity contribution in [2.45, 2.75) is 70.9 Å². The predicted molar refractivity (Wildman–Crippen MR) is 81.1 cm³/mol. The van der Waals surface area contributed by atoms with Crippen LogP contribution < -0.4 is 5.32 Å². The van der Waals surface area contributed by atoms with Crippen molar-refractivity contribution in [1.82, 2.24) is 10.2 Å². The molecule has 2 N–H and O–H groups in total. The number of urea groups is 1. The van der Waals surface area contributed by atoms with Crippen molar-refractivity contribution in [3.05, 3.63) is 0 Å². The summed E-state index contributed by atoms with van der Waals surface area (Å²) in [6.45, 7) is 4.31. The average molecular weight is 296 g/mol. The Bertz CT molecular complexity index is 380. The normalized spacial score (nSPS) is 30.1. The molecule has 2 amide bonds. The Morgan fingerprint density at radius 2 is 1.76 bits per heavy atom. The molecule has 5 heteroatoms. The van der Waals surface area contributed by atoms with E-state index in [-0.39, 0.29) is 24.7 Å². The molecule has 2 fully saturated rings. The minimum absolute atomic E-state index is 0.0982. The average Bonchev–Trinajstić information content (AvgIpc) is 2.93. The van der Waals surface area contributed by atoms with Crippen LogP contribution in [0, 0.1) is 11.8 Å². The van der Waals surface area contributed by atoms with Crippen LogP contribution in [0.15, 0.2) is 0 Å². The molecule has 2 rings (SSSR count). The monoisotopic (exact) mass is 296 g/mol. The number of rotatable bonds is 4. The number of aliphatic carboxylic acids is 1. The number of nitrogens with one attached hydrogen (secondary N) is 1. The van der Waals surface area contributed by atoms with E-state index in [4.69, 9.17) is 5.11 Å². The summed E-state index contributed by atoms with van der Waals surface area (Å²) < 4.78 is 0. The van der Waals surface area contributed by atoms with E-state index in [1.807, 2.05) is 0 Å². The van der Waals surface area contributed by atoms with Crippen LogP contribution in [0.3, 0.4) is 0 Å². The Balaban J connectivity index is 1.93. The van der Waals surface area contributed by atoms with Gasteiger partial charge < -0.3 is 15.3 Å². The number of carboxylic acid groups (broad SMARTS) is 1. The van der Waals surface area contributed by atoms with E-state index in [9.17, 15) is 9.59 Å². The van der Waals surface area contributed by atoms with Gasteiger partial charge >= 0.3 is 12.0 Å². The van der Waals surface area contributed by atoms with Crippen molar-refractivity contribution in [3.8, 4) is 0 Å². The van der Waals surface area contributed by atoms with Gasteiger partial charge in [0, 0.05) is 12.1 Å². The Morgan fingerprint density at radius 1 is 1.10 bits per heavy atom. The molecule has 0 aromatic heterocycles. The smallest absolute Gasteiger partial charge is 0.323 e. The zero-order valence-corrected chi connectivity index (χ0v) is 13.2. The first kappa shape index (κ1) is 16.1. The molecule has 0 saturated heterocycles. The molecule has 21 heavy (non-hydrogen) atoms. The summed E-state index contributed by atoms with van der Waals surface area (Å²) in [7, 11) is 0. The maximum absolute atomic E-state index is 12.5. The molecule has 0 aromatic rings. The first-order valence-corrected chi connectivity index (χ1v) is 8.26. The van der Waals surface area contributed by atoms with Crippen LogP contribution in [0.25, 0.3) is 0 Å². The zero-order chi connectivity index (χ0) is 15.4. The van der Waals surface area contributed by atoms with Gasteiger partial charge in [-0.05, 0) is 43.9 Å². The maximum Gasteiger partial charge on any atom is 0.323 e. The van der Waals surface area contributed by atoms with Crippen LogP contribution in [0.1, 0.15) is 58.8 Å². The molecule has 0 aliphatic heterocycles. The van der Waals surface area contributed by atoms with Gasteiger partial charge in [-0.1, -0.05) is 26.7 Å². The van der Waals surface area contributed by atoms with Gasteiger partial charge in [-0.15, -0.1) is 0 Å². The van der Waals surface area contributed by atoms with Gasteiger partial charge in [-0.3, -0.25) is 4.79 Å². The van der Waals surface area contributed by atoms with E-state index < -0.39 is 5.97 Å². The molecule has 0 spiro atoms. The molecule has 0 radical (unpaired) electrons. The van der Waals surface area contributed by atoms with Crippen molar-refractivity contribution in [3.63, 3.8) is 0 Å². The summed E-state index contributed by atoms with van der Waals surface area (Å²) in [4.78, 5) is 25.0. The first-order valence-electron chi connectivity index (χ1n) is 8.26. The SMILES string of the molecule is CC1CCC(NC(=O)N(CC(=O)O)C2CCCC2)CC1C. The van der Waals surface area contributed by atoms with Crippen LogP contribution in [-0.2, 0) is 4.79 Å². The Labute approximate surface area is 127 Å². The van der Waals surface area contributed by atoms with Gasteiger partial charge in [-0.25, -0.2) is 4.79 Å². The fraction of sp³-hybridized carbons (Fsp3) is 0.875. The lowest BCUT2D eigenvalue weighted by molar-refractivity contribution is -0.138. The molecule has 0 bridgehead atoms. The lowest BCUT2D eigenvalue weighted by Crippen LogP contribution is -2.51. The van der Waals surface area contributed by atoms with Gasteiger partial charge in [0.05, 0.1) is 0 Å². The van der Waals surface area contributed by atoms with E-state index in [0.29, 0.717) is 11.8 Å². The van der Waals surface area contributed by atoms with Crippen molar-refractivity contribution in [2.75, 3.05) is 6.54 Å². The minimum Gasteiger partial charge on any atom is -0.480 e. The van der Waals surface area contributed by atoms with Gasteiger partial charge in [0.25, 0.3) is 0 Å². The highest BCUT2D eigenvalue weighted by Gasteiger charge is 2.31. The number of nitrogens with zero attached hydrogens (tertiary/aromatic N) is 1. The summed E-state index contributed by atoms with van der Waals surface area (Å²) >= 11 is 0. The third kappa shape index (κ3) is 4.35. The Hall–Kier alpha value is -1.26. The van der Waals surface area contributed by atoms with E-state index in [0.717, 1.165) is 44.9 Å². The maximum atomic E-state index is 12.5. The molecule has 120 valence electrons. The molecule has 0 aromatic carbocycles. The molecular weight excluding hydrogens is 268 g/mol. The van der Waals surface area contributed by atoms with Crippen molar-refractivity contribution in [2.24, 2.45) is 11.8 Å². The summed E-state index contributed by atoms with van der Waals surface area (Å²) in [5.74, 6) is 0.397. The minimum atomic E-state index is -0.928. The Kier molecular flexibility index (Phi) is 5.48. The van der Waals surface area contributed by atoms with Crippen molar-refractivity contribution < 1.29 is 14.7 Å². The second-order valence-electron chi connectivity index (χ2n) is 6.87. The van der Waals surface area contributed by atoms with E-state index in [2.05, 4.69) is 19.2 Å². The number of carbonyl (C=O) groups excluding carboxylic acids is 1. The summed E-state index contributed by atoms with van der Waals surface area (Å²) in [6, 6.07) is 0.110. The topological polar surface area (TPSA) is 69.6 Å². The quantitative estimate of drug-likeness (QED) is 0.838.